The second kappa shape index (κ2) is 7.47. The first-order valence-corrected chi connectivity index (χ1v) is 7.71. The quantitative estimate of drug-likeness (QED) is 0.878. The molecule has 1 N–H and O–H groups in total. The Morgan fingerprint density at radius 1 is 1.22 bits per heavy atom. The van der Waals surface area contributed by atoms with Gasteiger partial charge in [0, 0.05) is 43.5 Å². The molecule has 0 unspecified atom stereocenters. The van der Waals surface area contributed by atoms with Crippen LogP contribution in [0, 0.1) is 11.6 Å². The molecule has 1 amide bonds. The Kier molecular flexibility index (Phi) is 5.62. The number of nitrogens with one attached hydrogen (secondary N) is 1. The molecule has 0 fully saturated rings. The molecule has 2 aromatic rings. The molecule has 0 aliphatic carbocycles. The van der Waals surface area contributed by atoms with Crippen LogP contribution in [-0.4, -0.2) is 43.5 Å². The fourth-order valence-electron chi connectivity index (χ4n) is 1.97. The average Bonchev–Trinajstić information content (AvgIpc) is 2.85. The van der Waals surface area contributed by atoms with Gasteiger partial charge in [-0.25, -0.2) is 13.8 Å². The highest BCUT2D eigenvalue weighted by Crippen LogP contribution is 2.21. The number of hydrogen-bond donors (Lipinski definition) is 1. The van der Waals surface area contributed by atoms with Gasteiger partial charge in [-0.05, 0) is 19.2 Å². The van der Waals surface area contributed by atoms with Crippen LogP contribution in [0.4, 0.5) is 19.6 Å². The van der Waals surface area contributed by atoms with E-state index in [0.717, 1.165) is 28.2 Å². The van der Waals surface area contributed by atoms with Crippen LogP contribution in [0.15, 0.2) is 24.4 Å². The van der Waals surface area contributed by atoms with E-state index in [-0.39, 0.29) is 18.1 Å². The highest BCUT2D eigenvalue weighted by atomic mass is 32.1. The number of halogens is 2. The van der Waals surface area contributed by atoms with Crippen LogP contribution in [0.2, 0.25) is 0 Å². The number of benzene rings is 1. The van der Waals surface area contributed by atoms with Gasteiger partial charge in [0.1, 0.15) is 11.6 Å². The smallest absolute Gasteiger partial charge is 0.238 e. The van der Waals surface area contributed by atoms with Crippen LogP contribution >= 0.6 is 11.3 Å². The third kappa shape index (κ3) is 5.26. The molecule has 0 bridgehead atoms. The van der Waals surface area contributed by atoms with E-state index in [9.17, 15) is 13.6 Å². The van der Waals surface area contributed by atoms with Crippen LogP contribution in [-0.2, 0) is 11.3 Å². The number of amides is 1. The number of likely N-dealkylation sites (N-methyl/N-ethyl adjacent to an activating group) is 1. The first-order chi connectivity index (χ1) is 10.8. The number of carbonyl (C=O) groups excluding carboxylic acids is 1. The van der Waals surface area contributed by atoms with Crippen LogP contribution in [0.25, 0.3) is 0 Å². The maximum Gasteiger partial charge on any atom is 0.238 e. The fourth-order valence-corrected chi connectivity index (χ4v) is 2.88. The van der Waals surface area contributed by atoms with Crippen molar-refractivity contribution in [3.05, 3.63) is 40.9 Å². The standard InChI is InChI=1S/C15H18F2N4OS/c1-20(2)15-18-7-13(23-15)8-21(3)9-14(22)19-12-5-10(16)4-11(17)6-12/h4-7H,8-9H2,1-3H3,(H,19,22). The van der Waals surface area contributed by atoms with E-state index < -0.39 is 11.6 Å². The van der Waals surface area contributed by atoms with Crippen LogP contribution in [0.1, 0.15) is 4.88 Å². The molecule has 23 heavy (non-hydrogen) atoms. The van der Waals surface area contributed by atoms with Crippen molar-refractivity contribution in [2.75, 3.05) is 37.9 Å². The maximum absolute atomic E-state index is 13.1. The van der Waals surface area contributed by atoms with E-state index in [1.54, 1.807) is 29.5 Å². The Morgan fingerprint density at radius 2 is 1.87 bits per heavy atom. The molecule has 124 valence electrons. The summed E-state index contributed by atoms with van der Waals surface area (Å²) in [7, 11) is 5.62. The first-order valence-electron chi connectivity index (χ1n) is 6.90. The van der Waals surface area contributed by atoms with Gasteiger partial charge in [0.25, 0.3) is 0 Å². The summed E-state index contributed by atoms with van der Waals surface area (Å²) in [6, 6.07) is 2.91. The summed E-state index contributed by atoms with van der Waals surface area (Å²) in [4.78, 5) is 20.9. The number of carbonyl (C=O) groups is 1. The van der Waals surface area contributed by atoms with Crippen molar-refractivity contribution in [2.45, 2.75) is 6.54 Å². The van der Waals surface area contributed by atoms with Crippen molar-refractivity contribution >= 4 is 28.1 Å². The summed E-state index contributed by atoms with van der Waals surface area (Å²) >= 11 is 1.55. The van der Waals surface area contributed by atoms with Gasteiger partial charge in [0.05, 0.1) is 6.54 Å². The van der Waals surface area contributed by atoms with Crippen LogP contribution in [0.3, 0.4) is 0 Å². The molecule has 0 saturated carbocycles. The van der Waals surface area contributed by atoms with Crippen LogP contribution in [0.5, 0.6) is 0 Å². The number of aromatic nitrogens is 1. The molecular weight excluding hydrogens is 322 g/mol. The second-order valence-corrected chi connectivity index (χ2v) is 6.48. The van der Waals surface area contributed by atoms with Gasteiger partial charge in [0.2, 0.25) is 5.91 Å². The van der Waals surface area contributed by atoms with Crippen molar-refractivity contribution in [3.8, 4) is 0 Å². The summed E-state index contributed by atoms with van der Waals surface area (Å²) in [5.41, 5.74) is 0.105. The molecule has 8 heteroatoms. The summed E-state index contributed by atoms with van der Waals surface area (Å²) < 4.78 is 26.2. The van der Waals surface area contributed by atoms with Gasteiger partial charge in [-0.2, -0.15) is 0 Å². The lowest BCUT2D eigenvalue weighted by Gasteiger charge is -2.15. The molecule has 2 rings (SSSR count). The lowest BCUT2D eigenvalue weighted by molar-refractivity contribution is -0.117. The van der Waals surface area contributed by atoms with Gasteiger partial charge < -0.3 is 10.2 Å². The maximum atomic E-state index is 13.1. The van der Waals surface area contributed by atoms with Crippen molar-refractivity contribution < 1.29 is 13.6 Å². The molecule has 0 saturated heterocycles. The zero-order valence-corrected chi connectivity index (χ0v) is 14.0. The molecule has 1 aromatic carbocycles. The Labute approximate surface area is 137 Å². The minimum atomic E-state index is -0.727. The van der Waals surface area contributed by atoms with Gasteiger partial charge in [0.15, 0.2) is 5.13 Å². The third-order valence-electron chi connectivity index (χ3n) is 2.91. The summed E-state index contributed by atoms with van der Waals surface area (Å²) in [5.74, 6) is -1.79. The van der Waals surface area contributed by atoms with E-state index in [1.165, 1.54) is 0 Å². The van der Waals surface area contributed by atoms with Gasteiger partial charge in [-0.3, -0.25) is 9.69 Å². The van der Waals surface area contributed by atoms with Gasteiger partial charge in [-0.15, -0.1) is 11.3 Å². The van der Waals surface area contributed by atoms with E-state index in [0.29, 0.717) is 6.54 Å². The zero-order chi connectivity index (χ0) is 17.0. The Balaban J connectivity index is 1.88. The van der Waals surface area contributed by atoms with Crippen molar-refractivity contribution in [1.29, 1.82) is 0 Å². The molecule has 0 aliphatic rings. The molecular formula is C15H18F2N4OS. The highest BCUT2D eigenvalue weighted by molar-refractivity contribution is 7.15. The van der Waals surface area contributed by atoms with E-state index in [2.05, 4.69) is 10.3 Å². The number of nitrogens with zero attached hydrogens (tertiary/aromatic N) is 3. The minimum absolute atomic E-state index is 0.104. The number of hydrogen-bond acceptors (Lipinski definition) is 5. The Hall–Kier alpha value is -2.06. The SMILES string of the molecule is CN(CC(=O)Nc1cc(F)cc(F)c1)Cc1cnc(N(C)C)s1. The van der Waals surface area contributed by atoms with Crippen molar-refractivity contribution in [3.63, 3.8) is 0 Å². The Morgan fingerprint density at radius 3 is 2.43 bits per heavy atom. The van der Waals surface area contributed by atoms with Gasteiger partial charge >= 0.3 is 0 Å². The molecule has 1 aromatic heterocycles. The first kappa shape index (κ1) is 17.3. The topological polar surface area (TPSA) is 48.5 Å². The lowest BCUT2D eigenvalue weighted by atomic mass is 10.3. The summed E-state index contributed by atoms with van der Waals surface area (Å²) in [5, 5.41) is 3.38. The third-order valence-corrected chi connectivity index (χ3v) is 4.06. The zero-order valence-electron chi connectivity index (χ0n) is 13.1. The molecule has 5 nitrogen and oxygen atoms in total. The fraction of sp³-hybridized carbons (Fsp3) is 0.333. The average molecular weight is 340 g/mol. The monoisotopic (exact) mass is 340 g/mol. The van der Waals surface area contributed by atoms with Crippen molar-refractivity contribution in [1.82, 2.24) is 9.88 Å². The molecule has 1 heterocycles. The summed E-state index contributed by atoms with van der Waals surface area (Å²) in [6.07, 6.45) is 1.77. The minimum Gasteiger partial charge on any atom is -0.354 e. The van der Waals surface area contributed by atoms with Crippen molar-refractivity contribution in [2.24, 2.45) is 0 Å². The normalized spacial score (nSPS) is 10.9. The number of thiazole rings is 1. The highest BCUT2D eigenvalue weighted by Gasteiger charge is 2.11. The van der Waals surface area contributed by atoms with E-state index in [4.69, 9.17) is 0 Å². The van der Waals surface area contributed by atoms with E-state index >= 15 is 0 Å². The lowest BCUT2D eigenvalue weighted by Crippen LogP contribution is -2.29. The predicted molar refractivity (Wildman–Crippen MR) is 87.8 cm³/mol. The second-order valence-electron chi connectivity index (χ2n) is 5.38. The number of rotatable bonds is 6. The molecule has 0 radical (unpaired) electrons. The largest absolute Gasteiger partial charge is 0.354 e. The predicted octanol–water partition coefficient (Wildman–Crippen LogP) is 2.56. The summed E-state index contributed by atoms with van der Waals surface area (Å²) in [6.45, 7) is 0.670. The molecule has 0 aliphatic heterocycles. The van der Waals surface area contributed by atoms with E-state index in [1.807, 2.05) is 19.0 Å². The van der Waals surface area contributed by atoms with Crippen LogP contribution < -0.4 is 10.2 Å². The molecule has 0 spiro atoms. The van der Waals surface area contributed by atoms with Gasteiger partial charge in [-0.1, -0.05) is 0 Å². The molecule has 0 atom stereocenters. The number of anilines is 2. The Bertz CT molecular complexity index is 670.